The summed E-state index contributed by atoms with van der Waals surface area (Å²) in [6.45, 7) is 5.83. The van der Waals surface area contributed by atoms with Crippen LogP contribution in [0.5, 0.6) is 0 Å². The van der Waals surface area contributed by atoms with Crippen molar-refractivity contribution in [2.24, 2.45) is 5.73 Å². The van der Waals surface area contributed by atoms with Gasteiger partial charge in [0.1, 0.15) is 5.60 Å². The van der Waals surface area contributed by atoms with Crippen LogP contribution in [-0.4, -0.2) is 29.3 Å². The van der Waals surface area contributed by atoms with Crippen LogP contribution in [0.1, 0.15) is 25.8 Å². The van der Waals surface area contributed by atoms with E-state index in [1.54, 1.807) is 17.5 Å². The summed E-state index contributed by atoms with van der Waals surface area (Å²) in [5, 5.41) is 5.60. The second-order valence-electron chi connectivity index (χ2n) is 4.71. The highest BCUT2D eigenvalue weighted by Gasteiger charge is 2.19. The number of thiazole rings is 1. The van der Waals surface area contributed by atoms with E-state index in [1.165, 1.54) is 0 Å². The number of amides is 1. The normalized spacial score (nSPS) is 13.2. The van der Waals surface area contributed by atoms with Crippen molar-refractivity contribution in [1.82, 2.24) is 10.3 Å². The van der Waals surface area contributed by atoms with Gasteiger partial charge in [-0.15, -0.1) is 11.3 Å². The standard InChI is InChI=1S/C11H19N3O2S/c1-11(2,3)16-10(15)14-8(7-12)6-9-13-4-5-17-9/h4-5,8H,6-7,12H2,1-3H3,(H,14,15). The molecule has 1 aromatic rings. The first kappa shape index (κ1) is 13.9. The second kappa shape index (κ2) is 5.97. The lowest BCUT2D eigenvalue weighted by Gasteiger charge is -2.22. The molecule has 1 heterocycles. The molecule has 3 N–H and O–H groups in total. The number of nitrogens with one attached hydrogen (secondary N) is 1. The van der Waals surface area contributed by atoms with E-state index in [0.29, 0.717) is 13.0 Å². The summed E-state index contributed by atoms with van der Waals surface area (Å²) < 4.78 is 5.17. The number of rotatable bonds is 4. The van der Waals surface area contributed by atoms with E-state index >= 15 is 0 Å². The van der Waals surface area contributed by atoms with E-state index in [9.17, 15) is 4.79 Å². The van der Waals surface area contributed by atoms with E-state index in [2.05, 4.69) is 10.3 Å². The van der Waals surface area contributed by atoms with Crippen molar-refractivity contribution in [3.63, 3.8) is 0 Å². The summed E-state index contributed by atoms with van der Waals surface area (Å²) in [7, 11) is 0. The van der Waals surface area contributed by atoms with Crippen molar-refractivity contribution in [3.05, 3.63) is 16.6 Å². The Morgan fingerprint density at radius 2 is 2.35 bits per heavy atom. The molecule has 0 saturated carbocycles. The molecular formula is C11H19N3O2S. The predicted octanol–water partition coefficient (Wildman–Crippen LogP) is 1.54. The zero-order valence-corrected chi connectivity index (χ0v) is 11.2. The fraction of sp³-hybridized carbons (Fsp3) is 0.636. The Morgan fingerprint density at radius 1 is 1.65 bits per heavy atom. The van der Waals surface area contributed by atoms with Crippen LogP contribution in [0.4, 0.5) is 4.79 Å². The molecule has 0 fully saturated rings. The van der Waals surface area contributed by atoms with Gasteiger partial charge in [0.2, 0.25) is 0 Å². The summed E-state index contributed by atoms with van der Waals surface area (Å²) in [5.41, 5.74) is 5.11. The van der Waals surface area contributed by atoms with Gasteiger partial charge in [-0.2, -0.15) is 0 Å². The van der Waals surface area contributed by atoms with Gasteiger partial charge in [0.05, 0.1) is 11.0 Å². The SMILES string of the molecule is CC(C)(C)OC(=O)NC(CN)Cc1nccs1. The lowest BCUT2D eigenvalue weighted by molar-refractivity contribution is 0.0506. The van der Waals surface area contributed by atoms with Crippen molar-refractivity contribution in [2.45, 2.75) is 38.8 Å². The number of carbonyl (C=O) groups excluding carboxylic acids is 1. The number of hydrogen-bond donors (Lipinski definition) is 2. The lowest BCUT2D eigenvalue weighted by Crippen LogP contribution is -2.44. The molecule has 17 heavy (non-hydrogen) atoms. The van der Waals surface area contributed by atoms with Gasteiger partial charge in [-0.05, 0) is 20.8 Å². The second-order valence-corrected chi connectivity index (χ2v) is 5.69. The molecule has 0 bridgehead atoms. The van der Waals surface area contributed by atoms with Gasteiger partial charge in [0.25, 0.3) is 0 Å². The van der Waals surface area contributed by atoms with E-state index in [-0.39, 0.29) is 6.04 Å². The van der Waals surface area contributed by atoms with Crippen molar-refractivity contribution >= 4 is 17.4 Å². The molecule has 1 atom stereocenters. The Labute approximate surface area is 105 Å². The molecule has 1 aromatic heterocycles. The smallest absolute Gasteiger partial charge is 0.407 e. The Bertz CT molecular complexity index is 346. The number of hydrogen-bond acceptors (Lipinski definition) is 5. The average molecular weight is 257 g/mol. The van der Waals surface area contributed by atoms with Crippen LogP contribution in [0, 0.1) is 0 Å². The summed E-state index contributed by atoms with van der Waals surface area (Å²) in [6, 6.07) is -0.143. The molecule has 0 aliphatic rings. The minimum atomic E-state index is -0.496. The van der Waals surface area contributed by atoms with Gasteiger partial charge >= 0.3 is 6.09 Å². The summed E-state index contributed by atoms with van der Waals surface area (Å²) in [4.78, 5) is 15.7. The topological polar surface area (TPSA) is 77.2 Å². The maximum absolute atomic E-state index is 11.6. The van der Waals surface area contributed by atoms with E-state index in [4.69, 9.17) is 10.5 Å². The van der Waals surface area contributed by atoms with Gasteiger partial charge < -0.3 is 15.8 Å². The molecule has 0 spiro atoms. The highest BCUT2D eigenvalue weighted by Crippen LogP contribution is 2.09. The first-order valence-corrected chi connectivity index (χ1v) is 6.36. The Balaban J connectivity index is 2.44. The van der Waals surface area contributed by atoms with Crippen LogP contribution in [0.25, 0.3) is 0 Å². The van der Waals surface area contributed by atoms with Gasteiger partial charge in [-0.3, -0.25) is 0 Å². The first-order valence-electron chi connectivity index (χ1n) is 5.48. The van der Waals surface area contributed by atoms with Crippen molar-refractivity contribution in [2.75, 3.05) is 6.54 Å². The number of aromatic nitrogens is 1. The highest BCUT2D eigenvalue weighted by atomic mass is 32.1. The summed E-state index contributed by atoms with van der Waals surface area (Å²) in [6.07, 6.45) is 1.93. The van der Waals surface area contributed by atoms with Crippen molar-refractivity contribution in [1.29, 1.82) is 0 Å². The zero-order chi connectivity index (χ0) is 12.9. The van der Waals surface area contributed by atoms with Gasteiger partial charge in [-0.1, -0.05) is 0 Å². The Morgan fingerprint density at radius 3 is 2.82 bits per heavy atom. The average Bonchev–Trinajstić information content (AvgIpc) is 2.66. The minimum absolute atomic E-state index is 0.143. The summed E-state index contributed by atoms with van der Waals surface area (Å²) >= 11 is 1.55. The third-order valence-electron chi connectivity index (χ3n) is 1.91. The van der Waals surface area contributed by atoms with Crippen LogP contribution < -0.4 is 11.1 Å². The maximum atomic E-state index is 11.6. The molecule has 1 rings (SSSR count). The lowest BCUT2D eigenvalue weighted by atomic mass is 10.2. The third kappa shape index (κ3) is 5.65. The zero-order valence-electron chi connectivity index (χ0n) is 10.4. The van der Waals surface area contributed by atoms with E-state index in [1.807, 2.05) is 26.2 Å². The fourth-order valence-electron chi connectivity index (χ4n) is 1.23. The number of alkyl carbamates (subject to hydrolysis) is 1. The van der Waals surface area contributed by atoms with Crippen LogP contribution in [0.15, 0.2) is 11.6 Å². The van der Waals surface area contributed by atoms with Crippen LogP contribution >= 0.6 is 11.3 Å². The van der Waals surface area contributed by atoms with Crippen molar-refractivity contribution in [3.8, 4) is 0 Å². The fourth-order valence-corrected chi connectivity index (χ4v) is 1.93. The third-order valence-corrected chi connectivity index (χ3v) is 2.71. The predicted molar refractivity (Wildman–Crippen MR) is 68.0 cm³/mol. The summed E-state index contributed by atoms with van der Waals surface area (Å²) in [5.74, 6) is 0. The molecule has 0 aliphatic heterocycles. The molecule has 96 valence electrons. The molecular weight excluding hydrogens is 238 g/mol. The van der Waals surface area contributed by atoms with E-state index < -0.39 is 11.7 Å². The molecule has 1 unspecified atom stereocenters. The molecule has 0 radical (unpaired) electrons. The first-order chi connectivity index (χ1) is 7.90. The van der Waals surface area contributed by atoms with Gasteiger partial charge in [-0.25, -0.2) is 9.78 Å². The quantitative estimate of drug-likeness (QED) is 0.857. The minimum Gasteiger partial charge on any atom is -0.444 e. The van der Waals surface area contributed by atoms with Crippen molar-refractivity contribution < 1.29 is 9.53 Å². The molecule has 0 saturated heterocycles. The number of ether oxygens (including phenoxy) is 1. The molecule has 6 heteroatoms. The number of carbonyl (C=O) groups is 1. The molecule has 5 nitrogen and oxygen atoms in total. The Kier molecular flexibility index (Phi) is 4.89. The molecule has 0 aliphatic carbocycles. The molecule has 1 amide bonds. The van der Waals surface area contributed by atoms with E-state index in [0.717, 1.165) is 5.01 Å². The van der Waals surface area contributed by atoms with Gasteiger partial charge in [0.15, 0.2) is 0 Å². The Hall–Kier alpha value is -1.14. The largest absolute Gasteiger partial charge is 0.444 e. The monoisotopic (exact) mass is 257 g/mol. The van der Waals surface area contributed by atoms with Crippen LogP contribution in [0.3, 0.4) is 0 Å². The molecule has 0 aromatic carbocycles. The van der Waals surface area contributed by atoms with Crippen LogP contribution in [0.2, 0.25) is 0 Å². The number of nitrogens with two attached hydrogens (primary N) is 1. The highest BCUT2D eigenvalue weighted by molar-refractivity contribution is 7.09. The number of nitrogens with zero attached hydrogens (tertiary/aromatic N) is 1. The van der Waals surface area contributed by atoms with Crippen LogP contribution in [-0.2, 0) is 11.2 Å². The maximum Gasteiger partial charge on any atom is 0.407 e. The van der Waals surface area contributed by atoms with Gasteiger partial charge in [0, 0.05) is 24.5 Å².